The number of rotatable bonds is 7. The van der Waals surface area contributed by atoms with E-state index in [1.54, 1.807) is 36.4 Å². The number of benzene rings is 2. The minimum absolute atomic E-state index is 0.144. The Kier molecular flexibility index (Phi) is 6.64. The molecule has 0 aromatic heterocycles. The zero-order valence-electron chi connectivity index (χ0n) is 12.8. The van der Waals surface area contributed by atoms with Crippen LogP contribution in [0.25, 0.3) is 0 Å². The maximum Gasteiger partial charge on any atom is 0.305 e. The standard InChI is InChI=1S/C18H17Cl2NO3/c19-14-5-1-12(2-6-14)9-16(11-18(23)24)21-17(22)10-13-3-7-15(20)8-4-13/h1-8,16H,9-11H2,(H,21,22)(H,23,24). The minimum Gasteiger partial charge on any atom is -0.481 e. The third-order valence-electron chi connectivity index (χ3n) is 3.46. The first-order valence-corrected chi connectivity index (χ1v) is 8.18. The highest BCUT2D eigenvalue weighted by atomic mass is 35.5. The molecule has 0 heterocycles. The second-order valence-corrected chi connectivity index (χ2v) is 6.37. The minimum atomic E-state index is -0.958. The molecule has 2 rings (SSSR count). The van der Waals surface area contributed by atoms with Crippen LogP contribution < -0.4 is 5.32 Å². The van der Waals surface area contributed by atoms with E-state index in [-0.39, 0.29) is 18.7 Å². The van der Waals surface area contributed by atoms with Gasteiger partial charge >= 0.3 is 5.97 Å². The van der Waals surface area contributed by atoms with E-state index in [1.807, 2.05) is 12.1 Å². The molecule has 1 amide bonds. The molecule has 0 aliphatic heterocycles. The number of carboxylic acids is 1. The number of hydrogen-bond acceptors (Lipinski definition) is 2. The molecule has 0 bridgehead atoms. The van der Waals surface area contributed by atoms with Gasteiger partial charge in [-0.25, -0.2) is 0 Å². The fraction of sp³-hybridized carbons (Fsp3) is 0.222. The average molecular weight is 366 g/mol. The normalized spacial score (nSPS) is 11.8. The summed E-state index contributed by atoms with van der Waals surface area (Å²) < 4.78 is 0. The number of carbonyl (C=O) groups excluding carboxylic acids is 1. The quantitative estimate of drug-likeness (QED) is 0.785. The van der Waals surface area contributed by atoms with E-state index >= 15 is 0 Å². The number of halogens is 2. The molecule has 0 aliphatic rings. The van der Waals surface area contributed by atoms with Gasteiger partial charge in [0.1, 0.15) is 0 Å². The van der Waals surface area contributed by atoms with E-state index in [0.717, 1.165) is 11.1 Å². The number of aliphatic carboxylic acids is 1. The van der Waals surface area contributed by atoms with E-state index in [0.29, 0.717) is 16.5 Å². The summed E-state index contributed by atoms with van der Waals surface area (Å²) in [6.07, 6.45) is 0.457. The van der Waals surface area contributed by atoms with Gasteiger partial charge in [-0.3, -0.25) is 9.59 Å². The van der Waals surface area contributed by atoms with Crippen LogP contribution in [-0.4, -0.2) is 23.0 Å². The van der Waals surface area contributed by atoms with Crippen LogP contribution in [0.2, 0.25) is 10.0 Å². The summed E-state index contributed by atoms with van der Waals surface area (Å²) in [7, 11) is 0. The van der Waals surface area contributed by atoms with Crippen LogP contribution >= 0.6 is 23.2 Å². The third-order valence-corrected chi connectivity index (χ3v) is 3.96. The number of amides is 1. The van der Waals surface area contributed by atoms with Gasteiger partial charge in [-0.15, -0.1) is 0 Å². The second-order valence-electron chi connectivity index (χ2n) is 5.50. The van der Waals surface area contributed by atoms with Gasteiger partial charge in [0.05, 0.1) is 12.8 Å². The summed E-state index contributed by atoms with van der Waals surface area (Å²) in [4.78, 5) is 23.2. The van der Waals surface area contributed by atoms with E-state index in [2.05, 4.69) is 5.32 Å². The van der Waals surface area contributed by atoms with Crippen LogP contribution in [0.1, 0.15) is 17.5 Å². The van der Waals surface area contributed by atoms with Crippen LogP contribution in [0.15, 0.2) is 48.5 Å². The third kappa shape index (κ3) is 6.22. The summed E-state index contributed by atoms with van der Waals surface area (Å²) in [5.41, 5.74) is 1.73. The van der Waals surface area contributed by atoms with Crippen molar-refractivity contribution >= 4 is 35.1 Å². The van der Waals surface area contributed by atoms with Crippen LogP contribution in [0.3, 0.4) is 0 Å². The summed E-state index contributed by atoms with van der Waals surface area (Å²) in [6.45, 7) is 0. The number of hydrogen-bond donors (Lipinski definition) is 2. The molecule has 0 saturated carbocycles. The van der Waals surface area contributed by atoms with E-state index < -0.39 is 12.0 Å². The highest BCUT2D eigenvalue weighted by Gasteiger charge is 2.17. The number of nitrogens with one attached hydrogen (secondary N) is 1. The molecule has 0 fully saturated rings. The molecular weight excluding hydrogens is 349 g/mol. The first-order chi connectivity index (χ1) is 11.4. The smallest absolute Gasteiger partial charge is 0.305 e. The van der Waals surface area contributed by atoms with Gasteiger partial charge in [-0.1, -0.05) is 47.5 Å². The topological polar surface area (TPSA) is 66.4 Å². The summed E-state index contributed by atoms with van der Waals surface area (Å²) in [5.74, 6) is -1.18. The SMILES string of the molecule is O=C(O)CC(Cc1ccc(Cl)cc1)NC(=O)Cc1ccc(Cl)cc1. The van der Waals surface area contributed by atoms with Gasteiger partial charge in [0.25, 0.3) is 0 Å². The van der Waals surface area contributed by atoms with Crippen molar-refractivity contribution in [3.63, 3.8) is 0 Å². The Labute approximate surface area is 150 Å². The van der Waals surface area contributed by atoms with Crippen molar-refractivity contribution in [2.75, 3.05) is 0 Å². The Morgan fingerprint density at radius 3 is 1.92 bits per heavy atom. The molecule has 2 N–H and O–H groups in total. The molecule has 126 valence electrons. The van der Waals surface area contributed by atoms with Crippen molar-refractivity contribution in [1.29, 1.82) is 0 Å². The predicted molar refractivity (Wildman–Crippen MR) is 94.5 cm³/mol. The molecule has 1 atom stereocenters. The van der Waals surface area contributed by atoms with E-state index in [1.165, 1.54) is 0 Å². The fourth-order valence-corrected chi connectivity index (χ4v) is 2.61. The lowest BCUT2D eigenvalue weighted by Gasteiger charge is -2.17. The van der Waals surface area contributed by atoms with E-state index in [9.17, 15) is 9.59 Å². The van der Waals surface area contributed by atoms with Gasteiger partial charge in [-0.05, 0) is 41.8 Å². The van der Waals surface area contributed by atoms with Crippen molar-refractivity contribution in [1.82, 2.24) is 5.32 Å². The van der Waals surface area contributed by atoms with Crippen molar-refractivity contribution in [2.24, 2.45) is 0 Å². The average Bonchev–Trinajstić information content (AvgIpc) is 2.51. The maximum absolute atomic E-state index is 12.2. The van der Waals surface area contributed by atoms with Crippen molar-refractivity contribution in [3.05, 3.63) is 69.7 Å². The second kappa shape index (κ2) is 8.71. The summed E-state index contributed by atoms with van der Waals surface area (Å²) in [6, 6.07) is 13.6. The fourth-order valence-electron chi connectivity index (χ4n) is 2.36. The van der Waals surface area contributed by atoms with Crippen molar-refractivity contribution < 1.29 is 14.7 Å². The number of carbonyl (C=O) groups is 2. The Balaban J connectivity index is 1.99. The Morgan fingerprint density at radius 2 is 1.42 bits per heavy atom. The lowest BCUT2D eigenvalue weighted by molar-refractivity contribution is -0.137. The van der Waals surface area contributed by atoms with E-state index in [4.69, 9.17) is 28.3 Å². The van der Waals surface area contributed by atoms with Crippen LogP contribution in [0.4, 0.5) is 0 Å². The molecule has 0 aliphatic carbocycles. The Bertz CT molecular complexity index is 699. The molecule has 0 radical (unpaired) electrons. The highest BCUT2D eigenvalue weighted by molar-refractivity contribution is 6.30. The lowest BCUT2D eigenvalue weighted by atomic mass is 10.0. The van der Waals surface area contributed by atoms with Crippen LogP contribution in [-0.2, 0) is 22.4 Å². The summed E-state index contributed by atoms with van der Waals surface area (Å²) >= 11 is 11.7. The Morgan fingerprint density at radius 1 is 0.917 bits per heavy atom. The molecule has 0 saturated heterocycles. The van der Waals surface area contributed by atoms with Gasteiger partial charge in [0, 0.05) is 16.1 Å². The summed E-state index contributed by atoms with van der Waals surface area (Å²) in [5, 5.41) is 13.1. The predicted octanol–water partition coefficient (Wildman–Crippen LogP) is 3.74. The van der Waals surface area contributed by atoms with Crippen molar-refractivity contribution in [2.45, 2.75) is 25.3 Å². The Hall–Kier alpha value is -2.04. The zero-order valence-corrected chi connectivity index (χ0v) is 14.3. The monoisotopic (exact) mass is 365 g/mol. The van der Waals surface area contributed by atoms with Crippen LogP contribution in [0, 0.1) is 0 Å². The molecule has 4 nitrogen and oxygen atoms in total. The molecule has 0 spiro atoms. The van der Waals surface area contributed by atoms with Gasteiger partial charge in [0.15, 0.2) is 0 Å². The van der Waals surface area contributed by atoms with Crippen molar-refractivity contribution in [3.8, 4) is 0 Å². The van der Waals surface area contributed by atoms with Gasteiger partial charge < -0.3 is 10.4 Å². The molecular formula is C18H17Cl2NO3. The van der Waals surface area contributed by atoms with Crippen LogP contribution in [0.5, 0.6) is 0 Å². The first kappa shape index (κ1) is 18.3. The first-order valence-electron chi connectivity index (χ1n) is 7.42. The highest BCUT2D eigenvalue weighted by Crippen LogP contribution is 2.13. The molecule has 24 heavy (non-hydrogen) atoms. The molecule has 6 heteroatoms. The largest absolute Gasteiger partial charge is 0.481 e. The molecule has 1 unspecified atom stereocenters. The molecule has 2 aromatic carbocycles. The maximum atomic E-state index is 12.2. The van der Waals surface area contributed by atoms with Gasteiger partial charge in [-0.2, -0.15) is 0 Å². The zero-order chi connectivity index (χ0) is 17.5. The molecule has 2 aromatic rings. The van der Waals surface area contributed by atoms with Gasteiger partial charge in [0.2, 0.25) is 5.91 Å². The number of carboxylic acid groups (broad SMARTS) is 1. The lowest BCUT2D eigenvalue weighted by Crippen LogP contribution is -2.38.